The maximum absolute atomic E-state index is 14.0. The molecule has 23 atom stereocenters. The minimum Gasteiger partial charge on any atom is -0.321 e. The van der Waals surface area contributed by atoms with Crippen LogP contribution in [0.25, 0.3) is 45.3 Å². The fraction of sp³-hybridized carbons (Fsp3) is 0.681. The van der Waals surface area contributed by atoms with Crippen LogP contribution in [-0.4, -0.2) is 134 Å². The van der Waals surface area contributed by atoms with Gasteiger partial charge in [-0.2, -0.15) is 0 Å². The zero-order valence-corrected chi connectivity index (χ0v) is 79.3. The molecule has 6 saturated heterocycles. The average Bonchev–Trinajstić information content (AvgIpc) is 0.755. The third kappa shape index (κ3) is 22.6. The Kier molecular flexibility index (Phi) is 33.4. The molecule has 0 amide bonds. The third-order valence-corrected chi connectivity index (χ3v) is 33.3. The van der Waals surface area contributed by atoms with Crippen LogP contribution in [0.2, 0.25) is 5.15 Å². The van der Waals surface area contributed by atoms with Crippen molar-refractivity contribution in [2.75, 3.05) is 26.4 Å². The largest absolute Gasteiger partial charge is 0.354 e. The van der Waals surface area contributed by atoms with E-state index in [0.717, 1.165) is 131 Å². The first-order valence-corrected chi connectivity index (χ1v) is 54.5. The van der Waals surface area contributed by atoms with Crippen LogP contribution >= 0.6 is 52.2 Å². The van der Waals surface area contributed by atoms with E-state index in [4.69, 9.17) is 29.7 Å². The zero-order valence-electron chi connectivity index (χ0n) is 73.6. The van der Waals surface area contributed by atoms with Crippen molar-refractivity contribution >= 4 is 97.5 Å². The van der Waals surface area contributed by atoms with Gasteiger partial charge >= 0.3 is 22.8 Å². The predicted molar refractivity (Wildman–Crippen MR) is 499 cm³/mol. The van der Waals surface area contributed by atoms with Crippen LogP contribution in [0.4, 0.5) is 0 Å². The van der Waals surface area contributed by atoms with E-state index in [-0.39, 0.29) is 58.9 Å². The molecule has 12 aliphatic rings. The molecule has 12 bridgehead atoms. The van der Waals surface area contributed by atoms with Crippen LogP contribution in [-0.2, 0) is 31.8 Å². The lowest BCUT2D eigenvalue weighted by Crippen LogP contribution is -2.58. The number of fused-ring (bicyclic) bond motifs is 15. The number of rotatable bonds is 19. The van der Waals surface area contributed by atoms with Crippen LogP contribution in [0.1, 0.15) is 284 Å². The minimum absolute atomic E-state index is 0.0715. The van der Waals surface area contributed by atoms with Crippen molar-refractivity contribution in [3.8, 4) is 0 Å². The van der Waals surface area contributed by atoms with Gasteiger partial charge in [0.2, 0.25) is 0 Å². The highest BCUT2D eigenvalue weighted by atomic mass is 35.5. The number of piperidine rings is 6. The van der Waals surface area contributed by atoms with Crippen molar-refractivity contribution in [3.63, 3.8) is 0 Å². The first-order chi connectivity index (χ1) is 58.4. The zero-order chi connectivity index (χ0) is 86.0. The number of hydrogen-bond acceptors (Lipinski definition) is 16. The second kappa shape index (κ2) is 42.8. The summed E-state index contributed by atoms with van der Waals surface area (Å²) in [6.45, 7) is 23.1. The molecule has 9 heterocycles. The number of nitrogens with zero attached hydrogens (tertiary/aromatic N) is 9. The van der Waals surface area contributed by atoms with Gasteiger partial charge in [-0.15, -0.1) is 17.9 Å². The summed E-state index contributed by atoms with van der Waals surface area (Å²) in [5.74, 6) is 11.5. The normalized spacial score (nSPS) is 32.3. The third-order valence-electron chi connectivity index (χ3n) is 29.1. The molecule has 11 unspecified atom stereocenters. The lowest BCUT2D eigenvalue weighted by Gasteiger charge is -2.55. The van der Waals surface area contributed by atoms with Crippen LogP contribution in [0, 0.1) is 53.3 Å². The molecule has 0 radical (unpaired) electrons. The maximum atomic E-state index is 14.0. The second-order valence-corrected chi connectivity index (χ2v) is 43.2. The lowest BCUT2D eigenvalue weighted by atomic mass is 9.65. The number of para-hydroxylation sites is 6. The summed E-state index contributed by atoms with van der Waals surface area (Å²) in [4.78, 5) is 81.7. The van der Waals surface area contributed by atoms with E-state index in [1.54, 1.807) is 33.8 Å². The van der Waals surface area contributed by atoms with E-state index in [9.17, 15) is 37.9 Å². The first-order valence-electron chi connectivity index (χ1n) is 46.6. The van der Waals surface area contributed by atoms with E-state index < -0.39 is 22.8 Å². The van der Waals surface area contributed by atoms with Gasteiger partial charge in [0.05, 0.1) is 59.5 Å². The van der Waals surface area contributed by atoms with Gasteiger partial charge in [0.25, 0.3) is 16.7 Å². The molecule has 666 valence electrons. The average molecular weight is 1780 g/mol. The van der Waals surface area contributed by atoms with Crippen molar-refractivity contribution in [1.82, 2.24) is 43.4 Å². The molecule has 21 nitrogen and oxygen atoms in total. The first kappa shape index (κ1) is 94.4. The Hall–Kier alpha value is -4.22. The molecule has 12 fully saturated rings. The van der Waals surface area contributed by atoms with Crippen molar-refractivity contribution in [3.05, 3.63) is 144 Å². The topological polar surface area (TPSA) is 243 Å². The summed E-state index contributed by atoms with van der Waals surface area (Å²) in [6.07, 6.45) is 41.2. The molecule has 27 heteroatoms. The Morgan fingerprint density at radius 2 is 0.669 bits per heavy atom. The Bertz CT molecular complexity index is 4770. The fourth-order valence-electron chi connectivity index (χ4n) is 25.9. The Morgan fingerprint density at radius 1 is 0.397 bits per heavy atom. The van der Waals surface area contributed by atoms with Gasteiger partial charge < -0.3 is 41.6 Å². The Balaban J connectivity index is 0.000000146. The minimum atomic E-state index is -4.39. The molecule has 6 saturated carbocycles. The number of hydrogen-bond donors (Lipinski definition) is 2. The summed E-state index contributed by atoms with van der Waals surface area (Å²) >= 11 is 6.29. The SMILES string of the molecule is C=CP(=O)(OCC)OCC.CC.CC1C[C@@H]2CC(N3[C@@H]4CCC[C@H]3CC(n3c(=O)c(/C=C/P(=O)(O)O)nc5ccccc53)C4)C[C@H](C1)C2.CC1C[C@@H]2CC(N3[C@@H]4CCC[C@H]3CC(n3c(=O)c(Cl)nc5ccccc53)C4)C[C@H](C1)C2.CCOP(=O)(/C=C/c1nc2ccccc2n(C2C[C@H]3CCC[C@@H](C2)N3C2C[C@H]3CC(C)C[C@@H](C2)C3)c1=O)OCC.PP. The van der Waals surface area contributed by atoms with Gasteiger partial charge in [-0.3, -0.25) is 42.8 Å². The van der Waals surface area contributed by atoms with Crippen LogP contribution < -0.4 is 16.7 Å². The number of halogens is 1. The van der Waals surface area contributed by atoms with Gasteiger partial charge in [-0.05, 0) is 303 Å². The van der Waals surface area contributed by atoms with Gasteiger partial charge in [0.15, 0.2) is 5.15 Å². The van der Waals surface area contributed by atoms with Crippen molar-refractivity contribution in [1.29, 1.82) is 0 Å². The van der Waals surface area contributed by atoms with Gasteiger partial charge in [-0.1, -0.05) is 108 Å². The Labute approximate surface area is 729 Å². The highest BCUT2D eigenvalue weighted by molar-refractivity contribution is 7.92. The van der Waals surface area contributed by atoms with Crippen LogP contribution in [0.3, 0.4) is 0 Å². The van der Waals surface area contributed by atoms with Gasteiger partial charge in [0, 0.05) is 90.0 Å². The molecular formula is C94H141ClN9O12P5. The highest BCUT2D eigenvalue weighted by Crippen LogP contribution is 2.55. The molecule has 6 aromatic rings. The van der Waals surface area contributed by atoms with Crippen LogP contribution in [0.15, 0.2) is 111 Å². The molecular weight excluding hydrogens is 1640 g/mol. The van der Waals surface area contributed by atoms with E-state index in [1.165, 1.54) is 172 Å². The molecule has 3 aromatic heterocycles. The predicted octanol–water partition coefficient (Wildman–Crippen LogP) is 22.6. The quantitative estimate of drug-likeness (QED) is 0.0716. The van der Waals surface area contributed by atoms with Crippen LogP contribution in [0.5, 0.6) is 0 Å². The van der Waals surface area contributed by atoms with E-state index in [1.807, 2.05) is 100 Å². The van der Waals surface area contributed by atoms with Gasteiger partial charge in [0.1, 0.15) is 11.4 Å². The highest BCUT2D eigenvalue weighted by Gasteiger charge is 2.50. The smallest absolute Gasteiger partial charge is 0.321 e. The van der Waals surface area contributed by atoms with Crippen molar-refractivity contribution in [2.24, 2.45) is 53.3 Å². The molecule has 0 spiro atoms. The fourth-order valence-corrected chi connectivity index (χ4v) is 28.7. The summed E-state index contributed by atoms with van der Waals surface area (Å²) < 4.78 is 62.1. The summed E-state index contributed by atoms with van der Waals surface area (Å²) in [7, 11) is -6.09. The number of benzene rings is 3. The molecule has 6 aliphatic heterocycles. The van der Waals surface area contributed by atoms with E-state index >= 15 is 0 Å². The summed E-state index contributed by atoms with van der Waals surface area (Å²) in [6, 6.07) is 29.4. The molecule has 18 rings (SSSR count). The van der Waals surface area contributed by atoms with E-state index in [2.05, 4.69) is 74.9 Å². The lowest BCUT2D eigenvalue weighted by molar-refractivity contribution is -0.0526. The molecule has 2 N–H and O–H groups in total. The Morgan fingerprint density at radius 3 is 0.959 bits per heavy atom. The standard InChI is InChI=1S/C32H46N3O4P.C28H38N3O4P.C26H34ClN3O.C6H13O3P.C2H6.H4P2/c1-4-38-40(37,39-5-2)14-13-30-32(36)35(31-12-7-6-11-29(31)33-30)28-20-25-9-8-10-26(21-28)34(25)27-18-23-15-22(3)16-24(17-23)19-27;1-18-11-19-13-20(12-18)15-23(14-19)30-21-5-4-6-22(30)17-24(16-21)31-27-8-3-2-7-25(27)29-26(28(31)32)9-10-36(33,34)35;1-16-9-17-11-18(10-16)13-21(12-17)29-19-5-4-6-20(29)15-22(14-19)30-24-8-3-2-7-23(24)28-25(27)26(30)31;1-4-8-10(7,6-3)9-5-2;2*1-2/h6-7,11-14,22-28H,4-5,8-10,15-21H2,1-3H3;2-3,7-10,18-24H,4-6,11-17H2,1H3,(H2,33,34,35);2-3,7-8,16-22H,4-6,9-15H2,1H3;6H,3-5H2,1-2H3;1-2H3;1-2H2/b14-13+;10-9+;;;;/t22?,23-,24+,25-,26+,27?,28?;18?,19-,20+,21-,22+,23?,24?;16?,17-,18+,19-,20+,21?,22?;;;. The van der Waals surface area contributed by atoms with E-state index in [0.29, 0.717) is 72.8 Å². The second-order valence-electron chi connectivity index (χ2n) is 37.5. The maximum Gasteiger partial charge on any atom is 0.354 e. The molecule has 6 aliphatic carbocycles. The number of aromatic nitrogens is 6. The van der Waals surface area contributed by atoms with Gasteiger partial charge in [-0.25, -0.2) is 15.0 Å². The monoisotopic (exact) mass is 1780 g/mol. The van der Waals surface area contributed by atoms with Crippen molar-refractivity contribution in [2.45, 2.75) is 327 Å². The summed E-state index contributed by atoms with van der Waals surface area (Å²) in [5.41, 5.74) is 4.84. The molecule has 121 heavy (non-hydrogen) atoms. The summed E-state index contributed by atoms with van der Waals surface area (Å²) in [5, 5.41) is 0.112. The molecule has 3 aromatic carbocycles. The van der Waals surface area contributed by atoms with Crippen molar-refractivity contribution < 1.29 is 41.6 Å².